The standard InChI is InChI=1S/C20H18FN7O3S/c1-10(29)28-9-11(8-23-28)12-2-3-13-19(18(12)21)32-17(24-13)7-16-27-26-15(31-16)6-14(30)25-20(22)4-5-20/h2-3,8-9H,4-7,22H2,1H3,(H,25,30). The van der Waals surface area contributed by atoms with Crippen molar-refractivity contribution >= 4 is 33.4 Å². The van der Waals surface area contributed by atoms with Crippen LogP contribution in [0.15, 0.2) is 28.9 Å². The molecule has 1 aromatic carbocycles. The average molecular weight is 455 g/mol. The molecule has 0 unspecified atom stereocenters. The lowest BCUT2D eigenvalue weighted by molar-refractivity contribution is -0.121. The molecule has 0 saturated heterocycles. The molecule has 1 aliphatic rings. The summed E-state index contributed by atoms with van der Waals surface area (Å²) in [6.07, 6.45) is 4.59. The Morgan fingerprint density at radius 3 is 2.81 bits per heavy atom. The molecule has 4 aromatic rings. The van der Waals surface area contributed by atoms with E-state index in [1.165, 1.54) is 30.7 Å². The van der Waals surface area contributed by atoms with Crippen LogP contribution in [-0.2, 0) is 17.6 Å². The van der Waals surface area contributed by atoms with Gasteiger partial charge in [0, 0.05) is 24.2 Å². The van der Waals surface area contributed by atoms with E-state index in [0.29, 0.717) is 26.4 Å². The number of halogens is 1. The second-order valence-corrected chi connectivity index (χ2v) is 8.81. The molecular formula is C20H18FN7O3S. The largest absolute Gasteiger partial charge is 0.424 e. The number of rotatable bonds is 6. The Bertz CT molecular complexity index is 1350. The number of benzene rings is 1. The van der Waals surface area contributed by atoms with E-state index in [9.17, 15) is 9.59 Å². The quantitative estimate of drug-likeness (QED) is 0.421. The highest BCUT2D eigenvalue weighted by atomic mass is 32.1. The number of nitrogens with two attached hydrogens (primary N) is 1. The van der Waals surface area contributed by atoms with Crippen LogP contribution in [0.5, 0.6) is 0 Å². The van der Waals surface area contributed by atoms with Crippen LogP contribution in [0.25, 0.3) is 21.3 Å². The summed E-state index contributed by atoms with van der Waals surface area (Å²) in [5.74, 6) is -0.511. The molecule has 1 saturated carbocycles. The van der Waals surface area contributed by atoms with Crippen molar-refractivity contribution in [3.05, 3.63) is 47.1 Å². The highest BCUT2D eigenvalue weighted by molar-refractivity contribution is 7.18. The van der Waals surface area contributed by atoms with Gasteiger partial charge in [0.2, 0.25) is 23.6 Å². The van der Waals surface area contributed by atoms with Gasteiger partial charge in [-0.25, -0.2) is 14.1 Å². The summed E-state index contributed by atoms with van der Waals surface area (Å²) in [6, 6.07) is 3.32. The van der Waals surface area contributed by atoms with Crippen molar-refractivity contribution in [2.45, 2.75) is 38.3 Å². The van der Waals surface area contributed by atoms with E-state index >= 15 is 4.39 Å². The van der Waals surface area contributed by atoms with E-state index in [2.05, 4.69) is 25.6 Å². The summed E-state index contributed by atoms with van der Waals surface area (Å²) in [5, 5.41) is 15.1. The molecular weight excluding hydrogens is 437 g/mol. The highest BCUT2D eigenvalue weighted by Gasteiger charge is 2.39. The lowest BCUT2D eigenvalue weighted by atomic mass is 10.1. The Hall–Kier alpha value is -3.51. The van der Waals surface area contributed by atoms with Crippen molar-refractivity contribution in [3.8, 4) is 11.1 Å². The van der Waals surface area contributed by atoms with E-state index in [0.717, 1.165) is 17.5 Å². The third-order valence-corrected chi connectivity index (χ3v) is 6.12. The van der Waals surface area contributed by atoms with Crippen molar-refractivity contribution in [1.82, 2.24) is 30.3 Å². The fourth-order valence-electron chi connectivity index (χ4n) is 3.22. The van der Waals surface area contributed by atoms with E-state index in [-0.39, 0.29) is 36.4 Å². The van der Waals surface area contributed by atoms with Crippen LogP contribution < -0.4 is 11.1 Å². The Kier molecular flexibility index (Phi) is 4.82. The van der Waals surface area contributed by atoms with Crippen molar-refractivity contribution < 1.29 is 18.4 Å². The number of carbonyl (C=O) groups excluding carboxylic acids is 2. The smallest absolute Gasteiger partial charge is 0.243 e. The van der Waals surface area contributed by atoms with Crippen molar-refractivity contribution in [2.24, 2.45) is 5.73 Å². The summed E-state index contributed by atoms with van der Waals surface area (Å²) >= 11 is 1.18. The SMILES string of the molecule is CC(=O)n1cc(-c2ccc3nc(Cc4nnc(CC(=O)NC5(N)CC5)o4)sc3c2F)cn1. The fraction of sp³-hybridized carbons (Fsp3) is 0.300. The minimum absolute atomic E-state index is 0.0578. The summed E-state index contributed by atoms with van der Waals surface area (Å²) in [7, 11) is 0. The molecule has 3 heterocycles. The van der Waals surface area contributed by atoms with Gasteiger partial charge in [-0.15, -0.1) is 21.5 Å². The number of nitrogens with zero attached hydrogens (tertiary/aromatic N) is 5. The second kappa shape index (κ2) is 7.57. The van der Waals surface area contributed by atoms with Gasteiger partial charge in [-0.1, -0.05) is 0 Å². The number of hydrogen-bond acceptors (Lipinski definition) is 9. The third-order valence-electron chi connectivity index (χ3n) is 5.06. The first kappa shape index (κ1) is 20.4. The predicted octanol–water partition coefficient (Wildman–Crippen LogP) is 2.04. The summed E-state index contributed by atoms with van der Waals surface area (Å²) in [5.41, 5.74) is 6.60. The van der Waals surface area contributed by atoms with Gasteiger partial charge in [-0.2, -0.15) is 5.10 Å². The minimum Gasteiger partial charge on any atom is -0.424 e. The number of amides is 1. The zero-order chi connectivity index (χ0) is 22.5. The number of thiazole rings is 1. The molecule has 0 bridgehead atoms. The van der Waals surface area contributed by atoms with Gasteiger partial charge in [0.15, 0.2) is 5.82 Å². The zero-order valence-corrected chi connectivity index (χ0v) is 17.8. The van der Waals surface area contributed by atoms with Gasteiger partial charge in [-0.05, 0) is 25.0 Å². The lowest BCUT2D eigenvalue weighted by Crippen LogP contribution is -2.44. The minimum atomic E-state index is -0.603. The maximum atomic E-state index is 15.1. The number of hydrogen-bond donors (Lipinski definition) is 2. The Labute approximate surface area is 184 Å². The van der Waals surface area contributed by atoms with Crippen LogP contribution >= 0.6 is 11.3 Å². The van der Waals surface area contributed by atoms with Crippen LogP contribution in [-0.4, -0.2) is 42.4 Å². The molecule has 32 heavy (non-hydrogen) atoms. The van der Waals surface area contributed by atoms with Gasteiger partial charge < -0.3 is 15.5 Å². The molecule has 164 valence electrons. The van der Waals surface area contributed by atoms with E-state index in [1.807, 2.05) is 0 Å². The number of carbonyl (C=O) groups is 2. The van der Waals surface area contributed by atoms with Crippen LogP contribution in [0.2, 0.25) is 0 Å². The van der Waals surface area contributed by atoms with Gasteiger partial charge in [0.1, 0.15) is 11.4 Å². The highest BCUT2D eigenvalue weighted by Crippen LogP contribution is 2.33. The molecule has 0 aliphatic heterocycles. The number of aromatic nitrogens is 5. The van der Waals surface area contributed by atoms with Crippen LogP contribution in [0, 0.1) is 5.82 Å². The van der Waals surface area contributed by atoms with Gasteiger partial charge in [0.05, 0.1) is 28.5 Å². The third kappa shape index (κ3) is 4.01. The molecule has 1 fully saturated rings. The molecule has 12 heteroatoms. The maximum absolute atomic E-state index is 15.1. The molecule has 3 aromatic heterocycles. The maximum Gasteiger partial charge on any atom is 0.243 e. The molecule has 3 N–H and O–H groups in total. The van der Waals surface area contributed by atoms with E-state index < -0.39 is 11.5 Å². The summed E-state index contributed by atoms with van der Waals surface area (Å²) < 4.78 is 22.2. The Morgan fingerprint density at radius 2 is 2.09 bits per heavy atom. The number of nitrogens with one attached hydrogen (secondary N) is 1. The summed E-state index contributed by atoms with van der Waals surface area (Å²) in [6.45, 7) is 1.38. The second-order valence-electron chi connectivity index (χ2n) is 7.72. The summed E-state index contributed by atoms with van der Waals surface area (Å²) in [4.78, 5) is 27.9. The van der Waals surface area contributed by atoms with Gasteiger partial charge >= 0.3 is 0 Å². The van der Waals surface area contributed by atoms with E-state index in [1.54, 1.807) is 12.1 Å². The molecule has 0 atom stereocenters. The first-order valence-corrected chi connectivity index (χ1v) is 10.7. The van der Waals surface area contributed by atoms with Gasteiger partial charge in [0.25, 0.3) is 0 Å². The molecule has 1 aliphatic carbocycles. The first-order valence-electron chi connectivity index (χ1n) is 9.85. The molecule has 0 radical (unpaired) electrons. The van der Waals surface area contributed by atoms with Gasteiger partial charge in [-0.3, -0.25) is 9.59 Å². The first-order chi connectivity index (χ1) is 15.3. The normalized spacial score (nSPS) is 14.6. The topological polar surface area (TPSA) is 142 Å². The predicted molar refractivity (Wildman–Crippen MR) is 112 cm³/mol. The zero-order valence-electron chi connectivity index (χ0n) is 17.0. The fourth-order valence-corrected chi connectivity index (χ4v) is 4.21. The van der Waals surface area contributed by atoms with Crippen molar-refractivity contribution in [1.29, 1.82) is 0 Å². The Morgan fingerprint density at radius 1 is 1.31 bits per heavy atom. The average Bonchev–Trinajstić information content (AvgIpc) is 3.16. The molecule has 5 rings (SSSR count). The van der Waals surface area contributed by atoms with Crippen LogP contribution in [0.1, 0.15) is 41.3 Å². The van der Waals surface area contributed by atoms with Crippen molar-refractivity contribution in [3.63, 3.8) is 0 Å². The molecule has 10 nitrogen and oxygen atoms in total. The lowest BCUT2D eigenvalue weighted by Gasteiger charge is -2.09. The number of fused-ring (bicyclic) bond motifs is 1. The van der Waals surface area contributed by atoms with E-state index in [4.69, 9.17) is 10.2 Å². The molecule has 1 amide bonds. The Balaban J connectivity index is 1.33. The molecule has 0 spiro atoms. The van der Waals surface area contributed by atoms with Crippen LogP contribution in [0.4, 0.5) is 4.39 Å². The monoisotopic (exact) mass is 455 g/mol. The van der Waals surface area contributed by atoms with Crippen LogP contribution in [0.3, 0.4) is 0 Å². The van der Waals surface area contributed by atoms with Crippen molar-refractivity contribution in [2.75, 3.05) is 0 Å².